The Bertz CT molecular complexity index is 1240. The van der Waals surface area contributed by atoms with Gasteiger partial charge in [0.15, 0.2) is 5.30 Å². The number of carboxylic acid groups (broad SMARTS) is 1. The van der Waals surface area contributed by atoms with E-state index in [4.69, 9.17) is 0 Å². The van der Waals surface area contributed by atoms with Crippen molar-refractivity contribution in [2.75, 3.05) is 38.9 Å². The van der Waals surface area contributed by atoms with Crippen molar-refractivity contribution in [2.24, 2.45) is 17.8 Å². The van der Waals surface area contributed by atoms with Crippen molar-refractivity contribution in [3.63, 3.8) is 0 Å². The van der Waals surface area contributed by atoms with E-state index in [1.807, 2.05) is 6.07 Å². The Balaban J connectivity index is 1.17. The monoisotopic (exact) mass is 589 g/mol. The summed E-state index contributed by atoms with van der Waals surface area (Å²) >= 11 is 0. The number of halogens is 1. The second-order valence-corrected chi connectivity index (χ2v) is 17.7. The van der Waals surface area contributed by atoms with Gasteiger partial charge in [-0.3, -0.25) is 9.69 Å². The first-order valence-electron chi connectivity index (χ1n) is 14.5. The molecule has 0 aromatic heterocycles. The summed E-state index contributed by atoms with van der Waals surface area (Å²) in [6, 6.07) is 14.8. The number of benzene rings is 2. The molecule has 2 N–H and O–H groups in total. The van der Waals surface area contributed by atoms with Gasteiger partial charge in [-0.15, -0.1) is 0 Å². The smallest absolute Gasteiger partial charge is 0.457 e. The van der Waals surface area contributed by atoms with E-state index in [0.29, 0.717) is 43.1 Å². The van der Waals surface area contributed by atoms with Crippen LogP contribution in [0.4, 0.5) is 4.39 Å². The van der Waals surface area contributed by atoms with Crippen molar-refractivity contribution in [2.45, 2.75) is 50.5 Å². The summed E-state index contributed by atoms with van der Waals surface area (Å²) in [6.07, 6.45) is 5.37. The molecule has 0 amide bonds. The lowest BCUT2D eigenvalue weighted by Gasteiger charge is -2.34. The third kappa shape index (κ3) is 7.46. The van der Waals surface area contributed by atoms with E-state index in [2.05, 4.69) is 9.80 Å². The first-order chi connectivity index (χ1) is 19.2. The van der Waals surface area contributed by atoms with Gasteiger partial charge in [0.1, 0.15) is 11.9 Å². The number of nitrogens with zero attached hydrogens (tertiary/aromatic N) is 2. The summed E-state index contributed by atoms with van der Waals surface area (Å²) in [5, 5.41) is 10.4. The lowest BCUT2D eigenvalue weighted by molar-refractivity contribution is -0.143. The Kier molecular flexibility index (Phi) is 9.54. The van der Waals surface area contributed by atoms with E-state index in [-0.39, 0.29) is 23.8 Å². The molecule has 2 unspecified atom stereocenters. The van der Waals surface area contributed by atoms with Crippen molar-refractivity contribution in [3.8, 4) is 0 Å². The summed E-state index contributed by atoms with van der Waals surface area (Å²) in [4.78, 5) is 27.2. The molecule has 3 fully saturated rings. The van der Waals surface area contributed by atoms with Crippen LogP contribution in [0.1, 0.15) is 50.0 Å². The molecular formula is C30H40FN2O5P2+. The van der Waals surface area contributed by atoms with E-state index < -0.39 is 26.6 Å². The predicted molar refractivity (Wildman–Crippen MR) is 155 cm³/mol. The van der Waals surface area contributed by atoms with Gasteiger partial charge in [0, 0.05) is 25.6 Å². The van der Waals surface area contributed by atoms with Crippen LogP contribution in [-0.4, -0.2) is 70.7 Å². The molecular weight excluding hydrogens is 549 g/mol. The fraction of sp³-hybridized carbons (Fsp3) is 0.567. The van der Waals surface area contributed by atoms with Gasteiger partial charge in [0.2, 0.25) is 0 Å². The van der Waals surface area contributed by atoms with Gasteiger partial charge in [-0.05, 0) is 86.4 Å². The SMILES string of the molecule is O=C(O)[C@@H](CC1CC1)N1C[C@H](CN2CCC(CCP(=O)(O)[P+](=O)c3ccccc3)CC2)[C@@H](c2cccc(F)c2)C1. The quantitative estimate of drug-likeness (QED) is 0.314. The largest absolute Gasteiger partial charge is 0.480 e. The second kappa shape index (κ2) is 12.9. The van der Waals surface area contributed by atoms with Gasteiger partial charge in [-0.1, -0.05) is 47.7 Å². The third-order valence-corrected chi connectivity index (χ3v) is 14.2. The van der Waals surface area contributed by atoms with Crippen molar-refractivity contribution in [3.05, 3.63) is 66.0 Å². The van der Waals surface area contributed by atoms with E-state index >= 15 is 0 Å². The predicted octanol–water partition coefficient (Wildman–Crippen LogP) is 5.53. The van der Waals surface area contributed by atoms with Crippen LogP contribution in [0.2, 0.25) is 0 Å². The molecule has 3 aliphatic rings. The molecule has 216 valence electrons. The molecule has 2 saturated heterocycles. The van der Waals surface area contributed by atoms with E-state index in [0.717, 1.165) is 50.9 Å². The number of rotatable bonds is 12. The Hall–Kier alpha value is -1.95. The standard InChI is InChI=1S/C30H39FN2O5P2/c31-26-6-4-5-24(18-26)28-21-33(29(30(34)35)17-23-9-10-23)20-25(28)19-32-14-11-22(12-15-32)13-16-40(37,38)39(36)27-7-2-1-3-8-27/h1-8,18,22-23,25,28-29H,9-17,19-21H2,(H-,34,35,37,38)/p+1/t25-,28+,29+/m0/s1. The van der Waals surface area contributed by atoms with Crippen LogP contribution in [0.15, 0.2) is 54.6 Å². The molecule has 2 aromatic rings. The molecule has 7 nitrogen and oxygen atoms in total. The van der Waals surface area contributed by atoms with Crippen molar-refractivity contribution < 1.29 is 28.3 Å². The molecule has 40 heavy (non-hydrogen) atoms. The molecule has 1 aliphatic carbocycles. The number of hydrogen-bond acceptors (Lipinski definition) is 5. The number of aliphatic carboxylic acids is 1. The molecule has 2 aliphatic heterocycles. The Labute approximate surface area is 236 Å². The summed E-state index contributed by atoms with van der Waals surface area (Å²) in [5.74, 6) is 0.0628. The maximum absolute atomic E-state index is 14.1. The highest BCUT2D eigenvalue weighted by Crippen LogP contribution is 2.65. The summed E-state index contributed by atoms with van der Waals surface area (Å²) in [7, 11) is -6.11. The zero-order chi connectivity index (χ0) is 28.3. The van der Waals surface area contributed by atoms with Crippen LogP contribution < -0.4 is 5.30 Å². The number of piperidine rings is 1. The first kappa shape index (κ1) is 29.5. The Morgan fingerprint density at radius 1 is 1.02 bits per heavy atom. The minimum atomic E-state index is -3.78. The van der Waals surface area contributed by atoms with Gasteiger partial charge in [-0.25, -0.2) is 8.96 Å². The van der Waals surface area contributed by atoms with Crippen LogP contribution in [0.5, 0.6) is 0 Å². The van der Waals surface area contributed by atoms with E-state index in [1.165, 1.54) is 6.07 Å². The third-order valence-electron chi connectivity index (χ3n) is 9.01. The van der Waals surface area contributed by atoms with Gasteiger partial charge < -0.3 is 14.9 Å². The van der Waals surface area contributed by atoms with Crippen LogP contribution in [0.25, 0.3) is 0 Å². The van der Waals surface area contributed by atoms with Gasteiger partial charge >= 0.3 is 20.5 Å². The number of likely N-dealkylation sites (tertiary alicyclic amines) is 2. The highest BCUT2D eigenvalue weighted by Gasteiger charge is 2.45. The normalized spacial score (nSPS) is 25.4. The minimum Gasteiger partial charge on any atom is -0.480 e. The first-order valence-corrected chi connectivity index (χ1v) is 18.3. The fourth-order valence-electron chi connectivity index (χ4n) is 6.50. The average Bonchev–Trinajstić information content (AvgIpc) is 3.69. The average molecular weight is 590 g/mol. The molecule has 5 rings (SSSR count). The van der Waals surface area contributed by atoms with Crippen molar-refractivity contribution in [1.29, 1.82) is 0 Å². The summed E-state index contributed by atoms with van der Waals surface area (Å²) < 4.78 is 39.7. The fourth-order valence-corrected chi connectivity index (χ4v) is 10.5. The summed E-state index contributed by atoms with van der Waals surface area (Å²) in [5.41, 5.74) is 0.934. The van der Waals surface area contributed by atoms with E-state index in [9.17, 15) is 28.3 Å². The van der Waals surface area contributed by atoms with Gasteiger partial charge in [0.25, 0.3) is 0 Å². The van der Waals surface area contributed by atoms with Crippen LogP contribution in [-0.2, 0) is 13.9 Å². The lowest BCUT2D eigenvalue weighted by Crippen LogP contribution is -2.42. The Morgan fingerprint density at radius 2 is 1.75 bits per heavy atom. The number of carboxylic acids is 1. The topological polar surface area (TPSA) is 98.2 Å². The van der Waals surface area contributed by atoms with Gasteiger partial charge in [0.05, 0.1) is 6.16 Å². The maximum Gasteiger partial charge on any atom is 0.457 e. The minimum absolute atomic E-state index is 0.0680. The van der Waals surface area contributed by atoms with Crippen LogP contribution >= 0.6 is 14.5 Å². The highest BCUT2D eigenvalue weighted by atomic mass is 32.1. The lowest BCUT2D eigenvalue weighted by atomic mass is 9.87. The van der Waals surface area contributed by atoms with Crippen molar-refractivity contribution >= 4 is 25.8 Å². The maximum atomic E-state index is 14.1. The molecule has 0 spiro atoms. The molecule has 2 heterocycles. The van der Waals surface area contributed by atoms with Crippen molar-refractivity contribution in [1.82, 2.24) is 9.80 Å². The molecule has 10 heteroatoms. The van der Waals surface area contributed by atoms with Gasteiger partial charge in [-0.2, -0.15) is 0 Å². The van der Waals surface area contributed by atoms with Crippen LogP contribution in [0, 0.1) is 23.6 Å². The van der Waals surface area contributed by atoms with E-state index in [1.54, 1.807) is 42.5 Å². The zero-order valence-electron chi connectivity index (χ0n) is 22.9. The zero-order valence-corrected chi connectivity index (χ0v) is 24.6. The number of carbonyl (C=O) groups is 1. The molecule has 0 radical (unpaired) electrons. The Morgan fingerprint density at radius 3 is 2.40 bits per heavy atom. The summed E-state index contributed by atoms with van der Waals surface area (Å²) in [6.45, 7) is 3.85. The highest BCUT2D eigenvalue weighted by molar-refractivity contribution is 8.27. The second-order valence-electron chi connectivity index (χ2n) is 11.9. The van der Waals surface area contributed by atoms with Crippen LogP contribution in [0.3, 0.4) is 0 Å². The number of hydrogen-bond donors (Lipinski definition) is 2. The molecule has 0 bridgehead atoms. The molecule has 1 saturated carbocycles. The molecule has 5 atom stereocenters. The molecule has 2 aromatic carbocycles.